The Balaban J connectivity index is 2.64. The zero-order chi connectivity index (χ0) is 12.9. The topological polar surface area (TPSA) is 52.5 Å². The molecule has 1 atom stereocenters. The highest BCUT2D eigenvalue weighted by atomic mass is 16.3. The smallest absolute Gasteiger partial charge is 0.114 e. The molecule has 0 amide bonds. The fourth-order valence-corrected chi connectivity index (χ4v) is 1.71. The zero-order valence-corrected chi connectivity index (χ0v) is 10.9. The van der Waals surface area contributed by atoms with Crippen LogP contribution < -0.4 is 5.32 Å². The summed E-state index contributed by atoms with van der Waals surface area (Å²) in [5.41, 5.74) is -0.370. The molecule has 0 aromatic heterocycles. The highest BCUT2D eigenvalue weighted by Gasteiger charge is 2.28. The molecule has 0 saturated heterocycles. The van der Waals surface area contributed by atoms with Gasteiger partial charge in [-0.05, 0) is 39.3 Å². The summed E-state index contributed by atoms with van der Waals surface area (Å²) in [4.78, 5) is 0. The molecule has 1 unspecified atom stereocenters. The monoisotopic (exact) mass is 237 g/mol. The highest BCUT2D eigenvalue weighted by molar-refractivity contribution is 5.22. The third kappa shape index (κ3) is 4.46. The van der Waals surface area contributed by atoms with E-state index in [0.717, 1.165) is 5.56 Å². The second-order valence-corrected chi connectivity index (χ2v) is 5.48. The summed E-state index contributed by atoms with van der Waals surface area (Å²) in [6.07, 6.45) is 0.491. The van der Waals surface area contributed by atoms with Crippen LogP contribution in [0.1, 0.15) is 32.8 Å². The van der Waals surface area contributed by atoms with Crippen LogP contribution in [0, 0.1) is 0 Å². The lowest BCUT2D eigenvalue weighted by Crippen LogP contribution is -2.41. The summed E-state index contributed by atoms with van der Waals surface area (Å²) >= 11 is 0. The molecule has 0 heterocycles. The predicted molar refractivity (Wildman–Crippen MR) is 69.8 cm³/mol. The lowest BCUT2D eigenvalue weighted by atomic mass is 9.91. The van der Waals surface area contributed by atoms with Gasteiger partial charge in [-0.2, -0.15) is 0 Å². The minimum absolute atomic E-state index is 0.0209. The largest absolute Gasteiger partial charge is 0.393 e. The average Bonchev–Trinajstić information content (AvgIpc) is 2.28. The quantitative estimate of drug-likeness (QED) is 0.730. The maximum atomic E-state index is 10.4. The molecule has 96 valence electrons. The van der Waals surface area contributed by atoms with Gasteiger partial charge in [0.05, 0.1) is 6.61 Å². The molecule has 0 fully saturated rings. The minimum Gasteiger partial charge on any atom is -0.393 e. The van der Waals surface area contributed by atoms with Gasteiger partial charge in [0.2, 0.25) is 0 Å². The van der Waals surface area contributed by atoms with Gasteiger partial charge in [-0.15, -0.1) is 0 Å². The number of nitrogens with one attached hydrogen (secondary N) is 1. The van der Waals surface area contributed by atoms with Gasteiger partial charge in [0, 0.05) is 5.54 Å². The van der Waals surface area contributed by atoms with Crippen molar-refractivity contribution in [3.8, 4) is 0 Å². The van der Waals surface area contributed by atoms with Crippen molar-refractivity contribution < 1.29 is 10.2 Å². The maximum absolute atomic E-state index is 10.4. The van der Waals surface area contributed by atoms with E-state index in [-0.39, 0.29) is 12.1 Å². The average molecular weight is 237 g/mol. The van der Waals surface area contributed by atoms with E-state index in [9.17, 15) is 10.2 Å². The molecular weight excluding hydrogens is 214 g/mol. The molecule has 0 saturated carbocycles. The minimum atomic E-state index is -1.15. The number of rotatable bonds is 5. The Morgan fingerprint density at radius 1 is 1.12 bits per heavy atom. The summed E-state index contributed by atoms with van der Waals surface area (Å²) in [5, 5.41) is 23.1. The first-order valence-electron chi connectivity index (χ1n) is 6.01. The van der Waals surface area contributed by atoms with Crippen molar-refractivity contribution in [3.05, 3.63) is 35.9 Å². The van der Waals surface area contributed by atoms with Crippen LogP contribution in [0.15, 0.2) is 30.3 Å². The maximum Gasteiger partial charge on any atom is 0.114 e. The van der Waals surface area contributed by atoms with E-state index >= 15 is 0 Å². The second-order valence-electron chi connectivity index (χ2n) is 5.48. The fraction of sp³-hybridized carbons (Fsp3) is 0.571. The summed E-state index contributed by atoms with van der Waals surface area (Å²) in [5.74, 6) is 0. The molecule has 0 aliphatic heterocycles. The van der Waals surface area contributed by atoms with Crippen LogP contribution in [0.2, 0.25) is 0 Å². The Morgan fingerprint density at radius 2 is 1.71 bits per heavy atom. The molecule has 3 nitrogen and oxygen atoms in total. The fourth-order valence-electron chi connectivity index (χ4n) is 1.71. The van der Waals surface area contributed by atoms with Gasteiger partial charge in [0.15, 0.2) is 0 Å². The Bertz CT molecular complexity index is 332. The van der Waals surface area contributed by atoms with Gasteiger partial charge in [0.1, 0.15) is 5.60 Å². The van der Waals surface area contributed by atoms with Gasteiger partial charge in [-0.1, -0.05) is 30.3 Å². The lowest BCUT2D eigenvalue weighted by Gasteiger charge is -2.29. The first-order valence-corrected chi connectivity index (χ1v) is 6.01. The SMILES string of the molecule is CC(C)(C)NCCC(O)(CO)c1ccccc1. The van der Waals surface area contributed by atoms with Crippen molar-refractivity contribution in [2.24, 2.45) is 0 Å². The van der Waals surface area contributed by atoms with Crippen LogP contribution >= 0.6 is 0 Å². The van der Waals surface area contributed by atoms with E-state index in [1.54, 1.807) is 0 Å². The zero-order valence-electron chi connectivity index (χ0n) is 10.9. The van der Waals surface area contributed by atoms with E-state index in [0.29, 0.717) is 13.0 Å². The molecule has 0 spiro atoms. The first-order chi connectivity index (χ1) is 7.87. The van der Waals surface area contributed by atoms with Crippen molar-refractivity contribution in [2.75, 3.05) is 13.2 Å². The number of hydrogen-bond donors (Lipinski definition) is 3. The molecule has 1 aromatic rings. The van der Waals surface area contributed by atoms with Crippen molar-refractivity contribution in [2.45, 2.75) is 38.3 Å². The Morgan fingerprint density at radius 3 is 2.18 bits per heavy atom. The molecule has 0 bridgehead atoms. The molecule has 1 rings (SSSR count). The number of benzene rings is 1. The van der Waals surface area contributed by atoms with Crippen molar-refractivity contribution in [1.29, 1.82) is 0 Å². The van der Waals surface area contributed by atoms with E-state index in [1.807, 2.05) is 30.3 Å². The molecule has 1 aromatic carbocycles. The number of aliphatic hydroxyl groups is 2. The van der Waals surface area contributed by atoms with Gasteiger partial charge in [-0.25, -0.2) is 0 Å². The van der Waals surface area contributed by atoms with Crippen molar-refractivity contribution in [3.63, 3.8) is 0 Å². The molecule has 0 aliphatic carbocycles. The molecule has 0 radical (unpaired) electrons. The molecule has 17 heavy (non-hydrogen) atoms. The van der Waals surface area contributed by atoms with Crippen molar-refractivity contribution in [1.82, 2.24) is 5.32 Å². The van der Waals surface area contributed by atoms with Crippen LogP contribution in [-0.4, -0.2) is 28.9 Å². The van der Waals surface area contributed by atoms with E-state index < -0.39 is 5.60 Å². The van der Waals surface area contributed by atoms with Gasteiger partial charge >= 0.3 is 0 Å². The Kier molecular flexibility index (Phi) is 4.69. The second kappa shape index (κ2) is 5.63. The molecule has 3 N–H and O–H groups in total. The van der Waals surface area contributed by atoms with Crippen LogP contribution in [-0.2, 0) is 5.60 Å². The van der Waals surface area contributed by atoms with Crippen LogP contribution in [0.25, 0.3) is 0 Å². The molecular formula is C14H23NO2. The third-order valence-electron chi connectivity index (χ3n) is 2.77. The Hall–Kier alpha value is -0.900. The standard InChI is InChI=1S/C14H23NO2/c1-13(2,3)15-10-9-14(17,11-16)12-7-5-4-6-8-12/h4-8,15-17H,9-11H2,1-3H3. The van der Waals surface area contributed by atoms with Crippen molar-refractivity contribution >= 4 is 0 Å². The predicted octanol–water partition coefficient (Wildman–Crippen LogP) is 1.64. The summed E-state index contributed by atoms with van der Waals surface area (Å²) in [6.45, 7) is 6.63. The summed E-state index contributed by atoms with van der Waals surface area (Å²) in [7, 11) is 0. The number of hydrogen-bond acceptors (Lipinski definition) is 3. The third-order valence-corrected chi connectivity index (χ3v) is 2.77. The summed E-state index contributed by atoms with van der Waals surface area (Å²) < 4.78 is 0. The van der Waals surface area contributed by atoms with E-state index in [4.69, 9.17) is 0 Å². The lowest BCUT2D eigenvalue weighted by molar-refractivity contribution is -0.0265. The molecule has 0 aliphatic rings. The summed E-state index contributed by atoms with van der Waals surface area (Å²) in [6, 6.07) is 9.32. The molecule has 3 heteroatoms. The highest BCUT2D eigenvalue weighted by Crippen LogP contribution is 2.24. The first kappa shape index (κ1) is 14.2. The van der Waals surface area contributed by atoms with E-state index in [1.165, 1.54) is 0 Å². The van der Waals surface area contributed by atoms with Gasteiger partial charge in [-0.3, -0.25) is 0 Å². The van der Waals surface area contributed by atoms with Gasteiger partial charge in [0.25, 0.3) is 0 Å². The normalized spacial score (nSPS) is 15.6. The van der Waals surface area contributed by atoms with Crippen LogP contribution in [0.5, 0.6) is 0 Å². The van der Waals surface area contributed by atoms with E-state index in [2.05, 4.69) is 26.1 Å². The Labute approximate surface area is 103 Å². The van der Waals surface area contributed by atoms with Gasteiger partial charge < -0.3 is 15.5 Å². The van der Waals surface area contributed by atoms with Crippen LogP contribution in [0.3, 0.4) is 0 Å². The van der Waals surface area contributed by atoms with Crippen LogP contribution in [0.4, 0.5) is 0 Å². The number of aliphatic hydroxyl groups excluding tert-OH is 1.